The lowest BCUT2D eigenvalue weighted by molar-refractivity contribution is -0.148. The lowest BCUT2D eigenvalue weighted by Gasteiger charge is -2.38. The number of rotatable bonds is 6. The number of carbonyl (C=O) groups excluding carboxylic acids is 3. The molecule has 0 unspecified atom stereocenters. The second-order valence-electron chi connectivity index (χ2n) is 7.15. The van der Waals surface area contributed by atoms with Gasteiger partial charge in [0.25, 0.3) is 0 Å². The summed E-state index contributed by atoms with van der Waals surface area (Å²) >= 11 is 5.88. The third kappa shape index (κ3) is 5.88. The van der Waals surface area contributed by atoms with Gasteiger partial charge in [-0.2, -0.15) is 0 Å². The van der Waals surface area contributed by atoms with Gasteiger partial charge in [-0.1, -0.05) is 23.7 Å². The topological polar surface area (TPSA) is 97.0 Å². The molecule has 2 aromatic rings. The highest BCUT2D eigenvalue weighted by Crippen LogP contribution is 2.30. The van der Waals surface area contributed by atoms with Gasteiger partial charge in [-0.15, -0.1) is 0 Å². The maximum absolute atomic E-state index is 12.7. The van der Waals surface area contributed by atoms with Crippen molar-refractivity contribution in [2.24, 2.45) is 0 Å². The molecule has 1 saturated heterocycles. The quantitative estimate of drug-likeness (QED) is 0.666. The first-order valence-corrected chi connectivity index (χ1v) is 10.1. The number of halogens is 1. The lowest BCUT2D eigenvalue weighted by Crippen LogP contribution is -2.55. The molecule has 2 N–H and O–H groups in total. The van der Waals surface area contributed by atoms with E-state index in [-0.39, 0.29) is 31.3 Å². The van der Waals surface area contributed by atoms with Crippen molar-refractivity contribution in [1.82, 2.24) is 10.2 Å². The van der Waals surface area contributed by atoms with Gasteiger partial charge in [0.2, 0.25) is 5.91 Å². The van der Waals surface area contributed by atoms with Crippen molar-refractivity contribution in [3.05, 3.63) is 59.1 Å². The number of anilines is 1. The van der Waals surface area contributed by atoms with Gasteiger partial charge in [-0.25, -0.2) is 4.79 Å². The van der Waals surface area contributed by atoms with Crippen LogP contribution < -0.4 is 15.4 Å². The Labute approximate surface area is 185 Å². The van der Waals surface area contributed by atoms with Gasteiger partial charge in [0.05, 0.1) is 20.3 Å². The summed E-state index contributed by atoms with van der Waals surface area (Å²) in [6, 6.07) is 13.3. The minimum absolute atomic E-state index is 0.148. The molecule has 2 atom stereocenters. The molecule has 31 heavy (non-hydrogen) atoms. The molecule has 1 fully saturated rings. The Hall–Kier alpha value is -3.26. The molecule has 0 saturated carbocycles. The summed E-state index contributed by atoms with van der Waals surface area (Å²) in [6.45, 7) is 0.0142. The molecule has 0 aromatic heterocycles. The summed E-state index contributed by atoms with van der Waals surface area (Å²) in [5, 5.41) is 6.27. The van der Waals surface area contributed by atoms with Crippen LogP contribution in [0.25, 0.3) is 0 Å². The van der Waals surface area contributed by atoms with Crippen molar-refractivity contribution in [3.8, 4) is 5.75 Å². The number of ether oxygens (including phenoxy) is 2. The van der Waals surface area contributed by atoms with Gasteiger partial charge in [0.15, 0.2) is 0 Å². The van der Waals surface area contributed by atoms with Crippen LogP contribution in [0.2, 0.25) is 5.02 Å². The van der Waals surface area contributed by atoms with E-state index in [1.165, 1.54) is 12.0 Å². The van der Waals surface area contributed by atoms with Crippen molar-refractivity contribution < 1.29 is 23.9 Å². The largest absolute Gasteiger partial charge is 0.497 e. The van der Waals surface area contributed by atoms with Crippen LogP contribution in [0.15, 0.2) is 48.5 Å². The maximum Gasteiger partial charge on any atom is 0.325 e. The van der Waals surface area contributed by atoms with Crippen LogP contribution in [0.3, 0.4) is 0 Å². The number of urea groups is 1. The standard InChI is InChI=1S/C22H24ClN3O5/c1-30-17-9-3-14(4-10-17)18-11-20(27)26(13-21(28)31-2)12-19(18)25-22(29)24-16-7-5-15(23)6-8-16/h3-10,18-19H,11-13H2,1-2H3,(H2,24,25,29)/t18-,19+/m0/s1. The summed E-state index contributed by atoms with van der Waals surface area (Å²) < 4.78 is 9.89. The number of nitrogens with one attached hydrogen (secondary N) is 2. The minimum Gasteiger partial charge on any atom is -0.497 e. The molecular formula is C22H24ClN3O5. The molecule has 1 heterocycles. The number of hydrogen-bond acceptors (Lipinski definition) is 5. The van der Waals surface area contributed by atoms with Gasteiger partial charge in [0, 0.05) is 29.6 Å². The normalized spacial score (nSPS) is 18.3. The van der Waals surface area contributed by atoms with Crippen molar-refractivity contribution >= 4 is 35.2 Å². The molecule has 164 valence electrons. The number of esters is 1. The summed E-state index contributed by atoms with van der Waals surface area (Å²) in [5.74, 6) is -0.255. The first-order valence-electron chi connectivity index (χ1n) is 9.71. The lowest BCUT2D eigenvalue weighted by atomic mass is 9.84. The van der Waals surface area contributed by atoms with Crippen LogP contribution in [0.4, 0.5) is 10.5 Å². The average molecular weight is 446 g/mol. The summed E-state index contributed by atoms with van der Waals surface area (Å²) in [6.07, 6.45) is 0.148. The molecule has 0 spiro atoms. The molecule has 0 aliphatic carbocycles. The first kappa shape index (κ1) is 22.4. The summed E-state index contributed by atoms with van der Waals surface area (Å²) in [4.78, 5) is 38.4. The molecule has 0 bridgehead atoms. The maximum atomic E-state index is 12.7. The Morgan fingerprint density at radius 1 is 1.10 bits per heavy atom. The summed E-state index contributed by atoms with van der Waals surface area (Å²) in [7, 11) is 2.85. The predicted molar refractivity (Wildman–Crippen MR) is 116 cm³/mol. The molecule has 2 aromatic carbocycles. The number of likely N-dealkylation sites (tertiary alicyclic amines) is 1. The fourth-order valence-electron chi connectivity index (χ4n) is 3.52. The number of carbonyl (C=O) groups is 3. The van der Waals surface area contributed by atoms with E-state index >= 15 is 0 Å². The van der Waals surface area contributed by atoms with Crippen molar-refractivity contribution in [1.29, 1.82) is 0 Å². The minimum atomic E-state index is -0.513. The van der Waals surface area contributed by atoms with Gasteiger partial charge >= 0.3 is 12.0 Å². The Bertz CT molecular complexity index is 933. The van der Waals surface area contributed by atoms with E-state index in [9.17, 15) is 14.4 Å². The Kier molecular flexibility index (Phi) is 7.36. The van der Waals surface area contributed by atoms with E-state index in [2.05, 4.69) is 15.4 Å². The van der Waals surface area contributed by atoms with Gasteiger partial charge < -0.3 is 25.0 Å². The number of nitrogens with zero attached hydrogens (tertiary/aromatic N) is 1. The van der Waals surface area contributed by atoms with E-state index in [4.69, 9.17) is 16.3 Å². The second kappa shape index (κ2) is 10.2. The van der Waals surface area contributed by atoms with E-state index in [0.717, 1.165) is 5.56 Å². The SMILES string of the molecule is COC(=O)CN1C[C@@H](NC(=O)Nc2ccc(Cl)cc2)[C@H](c2ccc(OC)cc2)CC1=O. The van der Waals surface area contributed by atoms with Crippen molar-refractivity contribution in [2.75, 3.05) is 32.6 Å². The van der Waals surface area contributed by atoms with Crippen molar-refractivity contribution in [3.63, 3.8) is 0 Å². The highest BCUT2D eigenvalue weighted by molar-refractivity contribution is 6.30. The molecule has 1 aliphatic heterocycles. The number of benzene rings is 2. The van der Waals surface area contributed by atoms with Crippen molar-refractivity contribution in [2.45, 2.75) is 18.4 Å². The van der Waals surface area contributed by atoms with Crippen LogP contribution in [0, 0.1) is 0 Å². The second-order valence-corrected chi connectivity index (χ2v) is 7.58. The number of methoxy groups -OCH3 is 2. The molecule has 3 rings (SSSR count). The zero-order valence-corrected chi connectivity index (χ0v) is 18.0. The summed E-state index contributed by atoms with van der Waals surface area (Å²) in [5.41, 5.74) is 1.48. The van der Waals surface area contributed by atoms with Gasteiger partial charge in [-0.3, -0.25) is 9.59 Å². The Morgan fingerprint density at radius 2 is 1.77 bits per heavy atom. The fourth-order valence-corrected chi connectivity index (χ4v) is 3.64. The molecular weight excluding hydrogens is 422 g/mol. The van der Waals surface area contributed by atoms with Crippen LogP contribution in [0.5, 0.6) is 5.75 Å². The van der Waals surface area contributed by atoms with Crippen LogP contribution in [-0.2, 0) is 14.3 Å². The number of piperidine rings is 1. The predicted octanol–water partition coefficient (Wildman–Crippen LogP) is 3.03. The van der Waals surface area contributed by atoms with Gasteiger partial charge in [0.1, 0.15) is 12.3 Å². The molecule has 0 radical (unpaired) electrons. The molecule has 1 aliphatic rings. The highest BCUT2D eigenvalue weighted by atomic mass is 35.5. The van der Waals surface area contributed by atoms with Crippen LogP contribution >= 0.6 is 11.6 Å². The number of hydrogen-bond donors (Lipinski definition) is 2. The zero-order chi connectivity index (χ0) is 22.4. The third-order valence-corrected chi connectivity index (χ3v) is 5.41. The Morgan fingerprint density at radius 3 is 2.39 bits per heavy atom. The molecule has 8 nitrogen and oxygen atoms in total. The smallest absolute Gasteiger partial charge is 0.325 e. The zero-order valence-electron chi connectivity index (χ0n) is 17.3. The van der Waals surface area contributed by atoms with Gasteiger partial charge in [-0.05, 0) is 42.0 Å². The van der Waals surface area contributed by atoms with E-state index < -0.39 is 18.0 Å². The number of amides is 3. The van der Waals surface area contributed by atoms with E-state index in [1.807, 2.05) is 24.3 Å². The average Bonchev–Trinajstić information content (AvgIpc) is 2.77. The fraction of sp³-hybridized carbons (Fsp3) is 0.318. The first-order chi connectivity index (χ1) is 14.9. The monoisotopic (exact) mass is 445 g/mol. The molecule has 3 amide bonds. The Balaban J connectivity index is 1.78. The third-order valence-electron chi connectivity index (χ3n) is 5.16. The van der Waals surface area contributed by atoms with E-state index in [0.29, 0.717) is 16.5 Å². The highest BCUT2D eigenvalue weighted by Gasteiger charge is 2.36. The molecule has 9 heteroatoms. The van der Waals surface area contributed by atoms with Crippen LogP contribution in [-0.4, -0.2) is 56.2 Å². The van der Waals surface area contributed by atoms with Crippen LogP contribution in [0.1, 0.15) is 17.9 Å². The van der Waals surface area contributed by atoms with E-state index in [1.54, 1.807) is 31.4 Å².